The van der Waals surface area contributed by atoms with Gasteiger partial charge in [0.25, 0.3) is 0 Å². The maximum Gasteiger partial charge on any atom is 0.184 e. The van der Waals surface area contributed by atoms with Crippen molar-refractivity contribution in [3.8, 4) is 0 Å². The van der Waals surface area contributed by atoms with Gasteiger partial charge in [-0.3, -0.25) is 0 Å². The Labute approximate surface area is 101 Å². The Kier molecular flexibility index (Phi) is 5.47. The van der Waals surface area contributed by atoms with Crippen LogP contribution in [0.1, 0.15) is 20.8 Å². The van der Waals surface area contributed by atoms with Crippen molar-refractivity contribution in [1.29, 1.82) is 0 Å². The summed E-state index contributed by atoms with van der Waals surface area (Å²) in [7, 11) is -2.07. The molecule has 0 aliphatic rings. The minimum Gasteiger partial charge on any atom is -0.358 e. The van der Waals surface area contributed by atoms with Gasteiger partial charge in [0, 0.05) is 5.54 Å². The van der Waals surface area contributed by atoms with Crippen molar-refractivity contribution >= 4 is 26.3 Å². The molecule has 0 spiro atoms. The summed E-state index contributed by atoms with van der Waals surface area (Å²) in [6.45, 7) is 21.4. The summed E-state index contributed by atoms with van der Waals surface area (Å²) < 4.78 is 2.85. The second-order valence-electron chi connectivity index (χ2n) is 6.16. The highest BCUT2D eigenvalue weighted by atomic mass is 28.4. The van der Waals surface area contributed by atoms with Gasteiger partial charge in [0.1, 0.15) is 17.9 Å². The van der Waals surface area contributed by atoms with Gasteiger partial charge >= 0.3 is 0 Å². The summed E-state index contributed by atoms with van der Waals surface area (Å²) in [6, 6.07) is 0. The highest BCUT2D eigenvalue weighted by molar-refractivity contribution is 6.92. The average molecular weight is 261 g/mol. The van der Waals surface area contributed by atoms with Crippen LogP contribution in [-0.2, 0) is 0 Å². The van der Waals surface area contributed by atoms with E-state index in [-0.39, 0.29) is 23.5 Å². The molecule has 90 valence electrons. The van der Waals surface area contributed by atoms with E-state index in [0.29, 0.717) is 0 Å². The summed E-state index contributed by atoms with van der Waals surface area (Å²) in [6.07, 6.45) is 0. The molecule has 0 aliphatic heterocycles. The highest BCUT2D eigenvalue weighted by Gasteiger charge is 2.36. The number of nitrogens with zero attached hydrogens (tertiary/aromatic N) is 1. The van der Waals surface area contributed by atoms with E-state index in [1.165, 1.54) is 0 Å². The molecule has 0 aliphatic carbocycles. The molecule has 0 heterocycles. The molecule has 0 bridgehead atoms. The average Bonchev–Trinajstić information content (AvgIpc) is 1.74. The molecule has 0 aromatic carbocycles. The van der Waals surface area contributed by atoms with Gasteiger partial charge in [0.05, 0.1) is 0 Å². The van der Waals surface area contributed by atoms with Crippen LogP contribution in [0.4, 0.5) is 0 Å². The molecule has 2 nitrogen and oxygen atoms in total. The first-order valence-electron chi connectivity index (χ1n) is 5.67. The van der Waals surface area contributed by atoms with Crippen LogP contribution in [0.5, 0.6) is 0 Å². The molecule has 0 atom stereocenters. The fraction of sp³-hybridized carbons (Fsp3) is 1.00. The number of hydrogen-bond donors (Lipinski definition) is 1. The van der Waals surface area contributed by atoms with Gasteiger partial charge in [0.15, 0.2) is 8.40 Å². The Morgan fingerprint density at radius 3 is 1.47 bits per heavy atom. The molecule has 0 fully saturated rings. The molecule has 2 radical (unpaired) electrons. The SMILES string of the molecule is C[Si](C)N([Si](C)C)[Si](C)(C)NC(C)(C)C. The molecular weight excluding hydrogens is 232 g/mol. The Morgan fingerprint density at radius 1 is 0.933 bits per heavy atom. The topological polar surface area (TPSA) is 15.3 Å². The lowest BCUT2D eigenvalue weighted by atomic mass is 10.1. The minimum absolute atomic E-state index is 0.239. The van der Waals surface area contributed by atoms with Crippen LogP contribution in [0.3, 0.4) is 0 Å². The number of nitrogens with one attached hydrogen (secondary N) is 1. The van der Waals surface area contributed by atoms with Gasteiger partial charge in [-0.1, -0.05) is 26.2 Å². The molecular formula is C10H28N2Si3. The van der Waals surface area contributed by atoms with E-state index in [0.717, 1.165) is 0 Å². The lowest BCUT2D eigenvalue weighted by molar-refractivity contribution is 0.501. The maximum absolute atomic E-state index is 3.87. The van der Waals surface area contributed by atoms with Crippen molar-refractivity contribution in [3.63, 3.8) is 0 Å². The molecule has 1 N–H and O–H groups in total. The van der Waals surface area contributed by atoms with E-state index in [9.17, 15) is 0 Å². The summed E-state index contributed by atoms with van der Waals surface area (Å²) in [4.78, 5) is 3.87. The fourth-order valence-corrected chi connectivity index (χ4v) is 17.3. The molecule has 0 unspecified atom stereocenters. The minimum atomic E-state index is -1.42. The van der Waals surface area contributed by atoms with E-state index in [4.69, 9.17) is 0 Å². The van der Waals surface area contributed by atoms with Crippen LogP contribution in [0, 0.1) is 0 Å². The second kappa shape index (κ2) is 5.27. The summed E-state index contributed by atoms with van der Waals surface area (Å²) >= 11 is 0. The van der Waals surface area contributed by atoms with Gasteiger partial charge in [-0.2, -0.15) is 0 Å². The molecule has 15 heavy (non-hydrogen) atoms. The first-order valence-corrected chi connectivity index (χ1v) is 13.5. The third-order valence-electron chi connectivity index (χ3n) is 2.13. The van der Waals surface area contributed by atoms with Crippen LogP contribution < -0.4 is 4.98 Å². The Balaban J connectivity index is 4.80. The van der Waals surface area contributed by atoms with Crippen molar-refractivity contribution < 1.29 is 0 Å². The predicted octanol–water partition coefficient (Wildman–Crippen LogP) is 2.88. The lowest BCUT2D eigenvalue weighted by Gasteiger charge is -2.46. The van der Waals surface area contributed by atoms with Gasteiger partial charge in [-0.25, -0.2) is 0 Å². The zero-order valence-electron chi connectivity index (χ0n) is 11.9. The second-order valence-corrected chi connectivity index (χ2v) is 16.0. The zero-order chi connectivity index (χ0) is 12.4. The van der Waals surface area contributed by atoms with Crippen molar-refractivity contribution in [2.24, 2.45) is 0 Å². The quantitative estimate of drug-likeness (QED) is 0.782. The highest BCUT2D eigenvalue weighted by Crippen LogP contribution is 2.15. The molecule has 0 rings (SSSR count). The normalized spacial score (nSPS) is 14.4. The van der Waals surface area contributed by atoms with Crippen molar-refractivity contribution in [3.05, 3.63) is 0 Å². The Bertz CT molecular complexity index is 189. The molecule has 5 heteroatoms. The van der Waals surface area contributed by atoms with E-state index < -0.39 is 8.40 Å². The smallest absolute Gasteiger partial charge is 0.184 e. The largest absolute Gasteiger partial charge is 0.358 e. The standard InChI is InChI=1S/C10H28N2Si3/c1-10(2,3)11-15(8,9)12(13(4)5)14(6)7/h11H,1-9H3. The van der Waals surface area contributed by atoms with Gasteiger partial charge < -0.3 is 8.88 Å². The van der Waals surface area contributed by atoms with E-state index >= 15 is 0 Å². The van der Waals surface area contributed by atoms with Crippen LogP contribution in [0.25, 0.3) is 0 Å². The Hall–Kier alpha value is 0.571. The fourth-order valence-electron chi connectivity index (χ4n) is 2.54. The lowest BCUT2D eigenvalue weighted by Crippen LogP contribution is -2.70. The van der Waals surface area contributed by atoms with Gasteiger partial charge in [-0.05, 0) is 33.9 Å². The predicted molar refractivity (Wildman–Crippen MR) is 77.2 cm³/mol. The van der Waals surface area contributed by atoms with Crippen molar-refractivity contribution in [2.45, 2.75) is 65.6 Å². The zero-order valence-corrected chi connectivity index (χ0v) is 14.9. The molecule has 0 aromatic rings. The monoisotopic (exact) mass is 260 g/mol. The number of hydrogen-bond acceptors (Lipinski definition) is 2. The van der Waals surface area contributed by atoms with E-state index in [1.807, 2.05) is 0 Å². The molecule has 0 amide bonds. The van der Waals surface area contributed by atoms with Gasteiger partial charge in [0.2, 0.25) is 0 Å². The van der Waals surface area contributed by atoms with Gasteiger partial charge in [-0.15, -0.1) is 0 Å². The summed E-state index contributed by atoms with van der Waals surface area (Å²) in [5.41, 5.74) is 0.239. The maximum atomic E-state index is 3.87. The van der Waals surface area contributed by atoms with Crippen LogP contribution in [-0.4, -0.2) is 35.7 Å². The van der Waals surface area contributed by atoms with Crippen LogP contribution in [0.2, 0.25) is 39.3 Å². The summed E-state index contributed by atoms with van der Waals surface area (Å²) in [5, 5.41) is 0. The van der Waals surface area contributed by atoms with E-state index in [1.54, 1.807) is 0 Å². The number of rotatable bonds is 4. The molecule has 0 saturated carbocycles. The first kappa shape index (κ1) is 15.6. The van der Waals surface area contributed by atoms with Crippen molar-refractivity contribution in [1.82, 2.24) is 8.88 Å². The van der Waals surface area contributed by atoms with Crippen LogP contribution in [0.15, 0.2) is 0 Å². The Morgan fingerprint density at radius 2 is 1.27 bits per heavy atom. The summed E-state index contributed by atoms with van der Waals surface area (Å²) in [5.74, 6) is 0. The third-order valence-corrected chi connectivity index (χ3v) is 15.1. The molecule has 0 saturated heterocycles. The van der Waals surface area contributed by atoms with Crippen molar-refractivity contribution in [2.75, 3.05) is 0 Å². The van der Waals surface area contributed by atoms with E-state index in [2.05, 4.69) is 68.9 Å². The van der Waals surface area contributed by atoms with Crippen LogP contribution >= 0.6 is 0 Å². The first-order chi connectivity index (χ1) is 6.47. The molecule has 0 aromatic heterocycles. The third kappa shape index (κ3) is 5.44.